The molecule has 0 bridgehead atoms. The standard InChI is InChI=1S/C29H26N2O6/c1-33-19-6-4-17(5-7-19)29(32)30-14-22-20-8-9-24(34-2)28(35-3)23(20)15-31-11-10-18-12-25-26(37-16-36-25)13-21(18)27(22)31/h4-9,12-13,15H,10-11,14,16H2,1-3H3/p+1. The van der Waals surface area contributed by atoms with Crippen molar-refractivity contribution in [2.75, 3.05) is 28.1 Å². The third-order valence-electron chi connectivity index (χ3n) is 7.02. The summed E-state index contributed by atoms with van der Waals surface area (Å²) in [6.45, 7) is 1.32. The molecule has 0 aliphatic carbocycles. The fourth-order valence-electron chi connectivity index (χ4n) is 5.20. The number of ether oxygens (including phenoxy) is 5. The van der Waals surface area contributed by atoms with Crippen LogP contribution in [0.3, 0.4) is 0 Å². The van der Waals surface area contributed by atoms with Gasteiger partial charge in [-0.15, -0.1) is 0 Å². The Morgan fingerprint density at radius 1 is 0.946 bits per heavy atom. The van der Waals surface area contributed by atoms with Crippen molar-refractivity contribution < 1.29 is 33.0 Å². The molecule has 1 N–H and O–H groups in total. The Bertz CT molecular complexity index is 1530. The van der Waals surface area contributed by atoms with E-state index in [4.69, 9.17) is 23.7 Å². The predicted molar refractivity (Wildman–Crippen MR) is 137 cm³/mol. The van der Waals surface area contributed by atoms with Gasteiger partial charge in [0.25, 0.3) is 5.91 Å². The van der Waals surface area contributed by atoms with Crippen molar-refractivity contribution in [3.63, 3.8) is 0 Å². The van der Waals surface area contributed by atoms with Gasteiger partial charge in [-0.3, -0.25) is 4.79 Å². The summed E-state index contributed by atoms with van der Waals surface area (Å²) in [7, 11) is 4.87. The highest BCUT2D eigenvalue weighted by molar-refractivity contribution is 5.97. The van der Waals surface area contributed by atoms with Crippen LogP contribution in [-0.2, 0) is 19.5 Å². The van der Waals surface area contributed by atoms with Crippen LogP contribution in [0.25, 0.3) is 22.0 Å². The smallest absolute Gasteiger partial charge is 0.251 e. The fraction of sp³-hybridized carbons (Fsp3) is 0.241. The molecule has 0 saturated carbocycles. The molecule has 188 valence electrons. The zero-order valence-electron chi connectivity index (χ0n) is 20.9. The van der Waals surface area contributed by atoms with E-state index >= 15 is 0 Å². The number of carbonyl (C=O) groups excluding carboxylic acids is 1. The summed E-state index contributed by atoms with van der Waals surface area (Å²) in [5.74, 6) is 3.35. The summed E-state index contributed by atoms with van der Waals surface area (Å²) in [5, 5.41) is 5.02. The summed E-state index contributed by atoms with van der Waals surface area (Å²) in [5.41, 5.74) is 4.84. The molecule has 2 aliphatic rings. The SMILES string of the molecule is COc1ccc(C(=O)NCc2c3[n+](cc4c(OC)c(OC)ccc24)CCc2cc4c(cc2-3)OCO4)cc1. The Morgan fingerprint density at radius 2 is 1.73 bits per heavy atom. The van der Waals surface area contributed by atoms with Crippen LogP contribution in [0.4, 0.5) is 0 Å². The van der Waals surface area contributed by atoms with E-state index in [2.05, 4.69) is 22.1 Å². The molecule has 1 amide bonds. The number of benzene rings is 3. The molecule has 0 radical (unpaired) electrons. The molecule has 0 atom stereocenters. The van der Waals surface area contributed by atoms with Crippen molar-refractivity contribution in [2.45, 2.75) is 19.5 Å². The number of hydrogen-bond donors (Lipinski definition) is 1. The van der Waals surface area contributed by atoms with E-state index < -0.39 is 0 Å². The Morgan fingerprint density at radius 3 is 2.46 bits per heavy atom. The second kappa shape index (κ2) is 9.20. The third kappa shape index (κ3) is 3.85. The molecule has 8 heteroatoms. The van der Waals surface area contributed by atoms with Gasteiger partial charge in [0.15, 0.2) is 35.7 Å². The highest BCUT2D eigenvalue weighted by Gasteiger charge is 2.32. The highest BCUT2D eigenvalue weighted by atomic mass is 16.7. The van der Waals surface area contributed by atoms with Gasteiger partial charge in [-0.05, 0) is 54.1 Å². The Labute approximate surface area is 214 Å². The number of nitrogens with zero attached hydrogens (tertiary/aromatic N) is 1. The second-order valence-corrected chi connectivity index (χ2v) is 8.94. The van der Waals surface area contributed by atoms with E-state index in [1.807, 2.05) is 18.2 Å². The first-order valence-corrected chi connectivity index (χ1v) is 12.1. The molecule has 6 rings (SSSR count). The molecule has 3 aromatic carbocycles. The normalized spacial score (nSPS) is 13.1. The van der Waals surface area contributed by atoms with Crippen molar-refractivity contribution in [3.8, 4) is 40.0 Å². The summed E-state index contributed by atoms with van der Waals surface area (Å²) in [6.07, 6.45) is 2.95. The Kier molecular flexibility index (Phi) is 5.71. The Hall–Kier alpha value is -4.46. The fourth-order valence-corrected chi connectivity index (χ4v) is 5.20. The summed E-state index contributed by atoms with van der Waals surface area (Å²) in [4.78, 5) is 13.1. The predicted octanol–water partition coefficient (Wildman–Crippen LogP) is 4.03. The van der Waals surface area contributed by atoms with Crippen molar-refractivity contribution in [3.05, 3.63) is 71.4 Å². The van der Waals surface area contributed by atoms with Crippen LogP contribution >= 0.6 is 0 Å². The first-order chi connectivity index (χ1) is 18.1. The summed E-state index contributed by atoms with van der Waals surface area (Å²) < 4.78 is 30.1. The van der Waals surface area contributed by atoms with Crippen molar-refractivity contribution in [1.82, 2.24) is 5.32 Å². The number of methoxy groups -OCH3 is 3. The topological polar surface area (TPSA) is 79.1 Å². The largest absolute Gasteiger partial charge is 0.497 e. The molecule has 4 aromatic rings. The number of aryl methyl sites for hydroxylation is 2. The summed E-state index contributed by atoms with van der Waals surface area (Å²) >= 11 is 0. The van der Waals surface area contributed by atoms with Gasteiger partial charge in [-0.1, -0.05) is 0 Å². The number of rotatable bonds is 6. The zero-order chi connectivity index (χ0) is 25.5. The average Bonchev–Trinajstić information content (AvgIpc) is 3.40. The third-order valence-corrected chi connectivity index (χ3v) is 7.02. The van der Waals surface area contributed by atoms with Crippen LogP contribution in [0.15, 0.2) is 54.7 Å². The van der Waals surface area contributed by atoms with E-state index in [0.29, 0.717) is 29.4 Å². The molecule has 0 spiro atoms. The number of nitrogens with one attached hydrogen (secondary N) is 1. The lowest BCUT2D eigenvalue weighted by Crippen LogP contribution is -2.42. The van der Waals surface area contributed by atoms with Gasteiger partial charge in [0.05, 0.1) is 44.4 Å². The summed E-state index contributed by atoms with van der Waals surface area (Å²) in [6, 6.07) is 15.1. The van der Waals surface area contributed by atoms with Crippen LogP contribution in [0.5, 0.6) is 28.7 Å². The molecule has 1 aromatic heterocycles. The van der Waals surface area contributed by atoms with E-state index in [1.165, 1.54) is 5.56 Å². The molecular weight excluding hydrogens is 472 g/mol. The quantitative estimate of drug-likeness (QED) is 0.404. The number of hydrogen-bond acceptors (Lipinski definition) is 6. The van der Waals surface area contributed by atoms with Gasteiger partial charge in [-0.2, -0.15) is 4.57 Å². The number of fused-ring (bicyclic) bond motifs is 5. The number of amides is 1. The zero-order valence-corrected chi connectivity index (χ0v) is 20.9. The van der Waals surface area contributed by atoms with Crippen LogP contribution in [-0.4, -0.2) is 34.0 Å². The van der Waals surface area contributed by atoms with Crippen LogP contribution in [0.2, 0.25) is 0 Å². The molecule has 0 unspecified atom stereocenters. The van der Waals surface area contributed by atoms with Crippen LogP contribution in [0, 0.1) is 0 Å². The lowest BCUT2D eigenvalue weighted by Gasteiger charge is -2.21. The Balaban J connectivity index is 1.49. The molecule has 0 saturated heterocycles. The molecule has 2 aliphatic heterocycles. The first kappa shape index (κ1) is 23.0. The van der Waals surface area contributed by atoms with Gasteiger partial charge >= 0.3 is 0 Å². The maximum absolute atomic E-state index is 13.1. The van der Waals surface area contributed by atoms with Gasteiger partial charge < -0.3 is 29.0 Å². The first-order valence-electron chi connectivity index (χ1n) is 12.1. The highest BCUT2D eigenvalue weighted by Crippen LogP contribution is 2.43. The van der Waals surface area contributed by atoms with Crippen LogP contribution < -0.4 is 33.6 Å². The molecular formula is C29H27N2O6+. The van der Waals surface area contributed by atoms with Gasteiger partial charge in [-0.25, -0.2) is 0 Å². The minimum Gasteiger partial charge on any atom is -0.497 e. The lowest BCUT2D eigenvalue weighted by atomic mass is 9.91. The number of pyridine rings is 1. The maximum Gasteiger partial charge on any atom is 0.251 e. The van der Waals surface area contributed by atoms with Crippen molar-refractivity contribution in [2.24, 2.45) is 0 Å². The van der Waals surface area contributed by atoms with E-state index in [1.54, 1.807) is 45.6 Å². The second-order valence-electron chi connectivity index (χ2n) is 8.94. The minimum atomic E-state index is -0.166. The number of aromatic nitrogens is 1. The molecule has 8 nitrogen and oxygen atoms in total. The lowest BCUT2D eigenvalue weighted by molar-refractivity contribution is -0.686. The van der Waals surface area contributed by atoms with Crippen molar-refractivity contribution >= 4 is 16.7 Å². The average molecular weight is 500 g/mol. The monoisotopic (exact) mass is 499 g/mol. The minimum absolute atomic E-state index is 0.166. The van der Waals surface area contributed by atoms with E-state index in [-0.39, 0.29) is 12.7 Å². The van der Waals surface area contributed by atoms with E-state index in [0.717, 1.165) is 52.1 Å². The van der Waals surface area contributed by atoms with Crippen molar-refractivity contribution in [1.29, 1.82) is 0 Å². The van der Waals surface area contributed by atoms with E-state index in [9.17, 15) is 4.79 Å². The molecule has 3 heterocycles. The van der Waals surface area contributed by atoms with Gasteiger partial charge in [0, 0.05) is 17.4 Å². The molecule has 0 fully saturated rings. The van der Waals surface area contributed by atoms with Gasteiger partial charge in [0.2, 0.25) is 12.5 Å². The molecule has 37 heavy (non-hydrogen) atoms. The van der Waals surface area contributed by atoms with Gasteiger partial charge in [0.1, 0.15) is 5.75 Å². The van der Waals surface area contributed by atoms with Crippen LogP contribution in [0.1, 0.15) is 21.5 Å². The maximum atomic E-state index is 13.1. The number of carbonyl (C=O) groups is 1.